The van der Waals surface area contributed by atoms with Gasteiger partial charge in [-0.25, -0.2) is 4.79 Å². The van der Waals surface area contributed by atoms with Gasteiger partial charge in [0.05, 0.1) is 17.9 Å². The first-order valence-electron chi connectivity index (χ1n) is 6.35. The summed E-state index contributed by atoms with van der Waals surface area (Å²) in [7, 11) is 0. The first kappa shape index (κ1) is 15.1. The van der Waals surface area contributed by atoms with Gasteiger partial charge in [-0.1, -0.05) is 27.7 Å². The number of hydrogen-bond acceptors (Lipinski definition) is 3. The maximum absolute atomic E-state index is 11.9. The number of nitrogens with one attached hydrogen (secondary N) is 2. The number of amides is 2. The first-order chi connectivity index (χ1) is 8.84. The first-order valence-corrected chi connectivity index (χ1v) is 6.35. The van der Waals surface area contributed by atoms with Crippen LogP contribution in [-0.2, 0) is 4.79 Å². The van der Waals surface area contributed by atoms with Crippen molar-refractivity contribution in [2.45, 2.75) is 40.2 Å². The monoisotopic (exact) mass is 263 g/mol. The predicted molar refractivity (Wildman–Crippen MR) is 74.9 cm³/mol. The van der Waals surface area contributed by atoms with Crippen molar-refractivity contribution in [3.63, 3.8) is 0 Å². The summed E-state index contributed by atoms with van der Waals surface area (Å²) in [6.07, 6.45) is 3.57. The number of aromatic nitrogens is 1. The lowest BCUT2D eigenvalue weighted by atomic mass is 9.83. The molecule has 1 rings (SSSR count). The van der Waals surface area contributed by atoms with Crippen molar-refractivity contribution in [1.29, 1.82) is 0 Å². The van der Waals surface area contributed by atoms with Gasteiger partial charge < -0.3 is 10.6 Å². The lowest BCUT2D eigenvalue weighted by Crippen LogP contribution is -2.50. The number of anilines is 1. The number of rotatable bonds is 4. The lowest BCUT2D eigenvalue weighted by molar-refractivity contribution is -0.122. The minimum atomic E-state index is -0.505. The second-order valence-electron chi connectivity index (χ2n) is 5.46. The molecule has 0 saturated carbocycles. The zero-order chi connectivity index (χ0) is 14.5. The van der Waals surface area contributed by atoms with Crippen molar-refractivity contribution >= 4 is 17.5 Å². The van der Waals surface area contributed by atoms with E-state index in [1.165, 1.54) is 0 Å². The molecule has 0 saturated heterocycles. The largest absolute Gasteiger partial charge is 0.328 e. The molecule has 0 bridgehead atoms. The van der Waals surface area contributed by atoms with Gasteiger partial charge in [-0.3, -0.25) is 9.78 Å². The molecule has 2 N–H and O–H groups in total. The fourth-order valence-electron chi connectivity index (χ4n) is 1.72. The number of carbonyl (C=O) groups is 2. The quantitative estimate of drug-likeness (QED) is 0.877. The highest BCUT2D eigenvalue weighted by Crippen LogP contribution is 2.21. The molecule has 1 heterocycles. The molecular formula is C14H21N3O2. The third-order valence-electron chi connectivity index (χ3n) is 2.73. The van der Waals surface area contributed by atoms with Crippen molar-refractivity contribution in [3.05, 3.63) is 24.5 Å². The predicted octanol–water partition coefficient (Wildman–Crippen LogP) is 2.60. The molecule has 0 spiro atoms. The van der Waals surface area contributed by atoms with E-state index < -0.39 is 12.1 Å². The molecular weight excluding hydrogens is 242 g/mol. The molecule has 5 nitrogen and oxygen atoms in total. The highest BCUT2D eigenvalue weighted by atomic mass is 16.2. The van der Waals surface area contributed by atoms with Crippen LogP contribution < -0.4 is 10.6 Å². The number of pyridine rings is 1. The fourth-order valence-corrected chi connectivity index (χ4v) is 1.72. The number of ketones is 1. The topological polar surface area (TPSA) is 71.1 Å². The van der Waals surface area contributed by atoms with Crippen LogP contribution in [0, 0.1) is 5.41 Å². The summed E-state index contributed by atoms with van der Waals surface area (Å²) < 4.78 is 0. The molecule has 104 valence electrons. The summed E-state index contributed by atoms with van der Waals surface area (Å²) in [6.45, 7) is 7.57. The number of Topliss-reactive ketones (excluding diaryl/α,β-unsaturated/α-hetero) is 1. The van der Waals surface area contributed by atoms with Gasteiger partial charge in [0.2, 0.25) is 0 Å². The summed E-state index contributed by atoms with van der Waals surface area (Å²) in [5, 5.41) is 5.39. The van der Waals surface area contributed by atoms with Crippen molar-refractivity contribution in [3.8, 4) is 0 Å². The van der Waals surface area contributed by atoms with E-state index in [0.717, 1.165) is 0 Å². The molecule has 5 heteroatoms. The Balaban J connectivity index is 2.70. The smallest absolute Gasteiger partial charge is 0.319 e. The van der Waals surface area contributed by atoms with Crippen LogP contribution in [0.3, 0.4) is 0 Å². The third kappa shape index (κ3) is 4.69. The van der Waals surface area contributed by atoms with Crippen LogP contribution in [0.4, 0.5) is 10.5 Å². The van der Waals surface area contributed by atoms with E-state index in [1.54, 1.807) is 31.5 Å². The second kappa shape index (κ2) is 6.31. The Hall–Kier alpha value is -1.91. The molecule has 19 heavy (non-hydrogen) atoms. The molecule has 1 atom stereocenters. The van der Waals surface area contributed by atoms with E-state index in [2.05, 4.69) is 15.6 Å². The molecule has 0 aromatic carbocycles. The van der Waals surface area contributed by atoms with E-state index in [4.69, 9.17) is 0 Å². The third-order valence-corrected chi connectivity index (χ3v) is 2.73. The van der Waals surface area contributed by atoms with E-state index in [9.17, 15) is 9.59 Å². The Bertz CT molecular complexity index is 438. The number of nitrogens with zero attached hydrogens (tertiary/aromatic N) is 1. The number of hydrogen-bond donors (Lipinski definition) is 2. The average Bonchev–Trinajstić information content (AvgIpc) is 2.35. The van der Waals surface area contributed by atoms with Gasteiger partial charge in [0, 0.05) is 12.6 Å². The molecule has 1 unspecified atom stereocenters. The molecule has 0 radical (unpaired) electrons. The summed E-state index contributed by atoms with van der Waals surface area (Å²) in [4.78, 5) is 27.7. The number of urea groups is 1. The van der Waals surface area contributed by atoms with Crippen molar-refractivity contribution in [2.24, 2.45) is 5.41 Å². The summed E-state index contributed by atoms with van der Waals surface area (Å²) in [5.41, 5.74) is 0.274. The van der Waals surface area contributed by atoms with Gasteiger partial charge in [0.1, 0.15) is 0 Å². The van der Waals surface area contributed by atoms with E-state index in [0.29, 0.717) is 12.1 Å². The minimum absolute atomic E-state index is 0.0221. The molecule has 0 aliphatic carbocycles. The van der Waals surface area contributed by atoms with Crippen molar-refractivity contribution in [1.82, 2.24) is 10.3 Å². The summed E-state index contributed by atoms with van der Waals surface area (Å²) >= 11 is 0. The standard InChI is InChI=1S/C14H21N3O2/c1-5-11(18)12(14(2,3)4)17-13(19)16-10-7-6-8-15-9-10/h6-9,12H,5H2,1-4H3,(H2,16,17,19). The molecule has 1 aromatic rings. The Morgan fingerprint density at radius 2 is 2.05 bits per heavy atom. The summed E-state index contributed by atoms with van der Waals surface area (Å²) in [5.74, 6) is 0.0221. The zero-order valence-electron chi connectivity index (χ0n) is 11.9. The zero-order valence-corrected chi connectivity index (χ0v) is 11.9. The van der Waals surface area contributed by atoms with Gasteiger partial charge in [0.25, 0.3) is 0 Å². The minimum Gasteiger partial charge on any atom is -0.328 e. The van der Waals surface area contributed by atoms with E-state index in [1.807, 2.05) is 20.8 Å². The van der Waals surface area contributed by atoms with E-state index >= 15 is 0 Å². The molecule has 0 aliphatic heterocycles. The maximum atomic E-state index is 11.9. The van der Waals surface area contributed by atoms with Gasteiger partial charge in [-0.2, -0.15) is 0 Å². The van der Waals surface area contributed by atoms with Crippen LogP contribution >= 0.6 is 0 Å². The van der Waals surface area contributed by atoms with Crippen LogP contribution in [0.2, 0.25) is 0 Å². The SMILES string of the molecule is CCC(=O)C(NC(=O)Nc1cccnc1)C(C)(C)C. The van der Waals surface area contributed by atoms with Gasteiger partial charge >= 0.3 is 6.03 Å². The van der Waals surface area contributed by atoms with Crippen molar-refractivity contribution < 1.29 is 9.59 Å². The summed E-state index contributed by atoms with van der Waals surface area (Å²) in [6, 6.07) is 2.57. The Kier molecular flexibility index (Phi) is 5.03. The molecule has 2 amide bonds. The normalized spacial score (nSPS) is 12.6. The van der Waals surface area contributed by atoms with Crippen LogP contribution in [0.5, 0.6) is 0 Å². The van der Waals surface area contributed by atoms with Gasteiger partial charge in [-0.05, 0) is 17.5 Å². The highest BCUT2D eigenvalue weighted by Gasteiger charge is 2.31. The highest BCUT2D eigenvalue weighted by molar-refractivity contribution is 5.94. The average molecular weight is 263 g/mol. The molecule has 0 fully saturated rings. The van der Waals surface area contributed by atoms with Gasteiger partial charge in [-0.15, -0.1) is 0 Å². The Morgan fingerprint density at radius 1 is 1.37 bits per heavy atom. The Morgan fingerprint density at radius 3 is 2.53 bits per heavy atom. The van der Waals surface area contributed by atoms with Crippen LogP contribution in [-0.4, -0.2) is 22.8 Å². The van der Waals surface area contributed by atoms with Crippen LogP contribution in [0.1, 0.15) is 34.1 Å². The Labute approximate surface area is 113 Å². The van der Waals surface area contributed by atoms with E-state index in [-0.39, 0.29) is 11.2 Å². The molecule has 1 aromatic heterocycles. The molecule has 0 aliphatic rings. The second-order valence-corrected chi connectivity index (χ2v) is 5.46. The number of carbonyl (C=O) groups excluding carboxylic acids is 2. The van der Waals surface area contributed by atoms with Crippen LogP contribution in [0.25, 0.3) is 0 Å². The van der Waals surface area contributed by atoms with Crippen molar-refractivity contribution in [2.75, 3.05) is 5.32 Å². The maximum Gasteiger partial charge on any atom is 0.319 e. The fraction of sp³-hybridized carbons (Fsp3) is 0.500. The van der Waals surface area contributed by atoms with Crippen LogP contribution in [0.15, 0.2) is 24.5 Å². The van der Waals surface area contributed by atoms with Gasteiger partial charge in [0.15, 0.2) is 5.78 Å². The lowest BCUT2D eigenvalue weighted by Gasteiger charge is -2.30.